The smallest absolute Gasteiger partial charge is 0.274 e. The maximum absolute atomic E-state index is 12.7. The van der Waals surface area contributed by atoms with Crippen molar-refractivity contribution in [3.63, 3.8) is 0 Å². The molecule has 0 aliphatic heterocycles. The van der Waals surface area contributed by atoms with Gasteiger partial charge in [-0.3, -0.25) is 4.57 Å². The van der Waals surface area contributed by atoms with E-state index in [-0.39, 0.29) is 21.0 Å². The summed E-state index contributed by atoms with van der Waals surface area (Å²) in [7, 11) is 0.931. The van der Waals surface area contributed by atoms with Crippen molar-refractivity contribution in [1.82, 2.24) is 19.3 Å². The molecule has 0 saturated heterocycles. The fourth-order valence-corrected chi connectivity index (χ4v) is 1.98. The van der Waals surface area contributed by atoms with E-state index < -0.39 is 17.7 Å². The first-order chi connectivity index (χ1) is 9.12. The third kappa shape index (κ3) is 2.50. The van der Waals surface area contributed by atoms with Crippen molar-refractivity contribution in [2.75, 3.05) is 0 Å². The predicted molar refractivity (Wildman–Crippen MR) is 66.6 cm³/mol. The van der Waals surface area contributed by atoms with Crippen molar-refractivity contribution in [2.24, 2.45) is 7.05 Å². The van der Waals surface area contributed by atoms with Crippen LogP contribution in [-0.2, 0) is 13.2 Å². The molecule has 0 fully saturated rings. The Morgan fingerprint density at radius 3 is 2.30 bits per heavy atom. The van der Waals surface area contributed by atoms with Gasteiger partial charge in [-0.25, -0.2) is 9.78 Å². The Bertz CT molecular complexity index is 737. The Balaban J connectivity index is 2.72. The van der Waals surface area contributed by atoms with Crippen LogP contribution in [0, 0.1) is 0 Å². The highest BCUT2D eigenvalue weighted by Gasteiger charge is 2.38. The Hall–Kier alpha value is -1.25. The van der Waals surface area contributed by atoms with Crippen molar-refractivity contribution in [3.8, 4) is 5.82 Å². The van der Waals surface area contributed by atoms with Gasteiger partial charge in [-0.1, -0.05) is 34.8 Å². The van der Waals surface area contributed by atoms with Crippen molar-refractivity contribution < 1.29 is 13.2 Å². The van der Waals surface area contributed by atoms with Crippen LogP contribution in [0.2, 0.25) is 15.2 Å². The number of hydrogen-bond acceptors (Lipinski definition) is 3. The van der Waals surface area contributed by atoms with Gasteiger partial charge in [0.1, 0.15) is 5.15 Å². The first-order valence-corrected chi connectivity index (χ1v) is 6.01. The zero-order valence-corrected chi connectivity index (χ0v) is 11.8. The molecule has 2 aromatic rings. The normalized spacial score (nSPS) is 11.9. The molecule has 11 heteroatoms. The number of hydrogen-bond donors (Lipinski definition) is 0. The summed E-state index contributed by atoms with van der Waals surface area (Å²) < 4.78 is 38.7. The van der Waals surface area contributed by atoms with Crippen LogP contribution in [0.1, 0.15) is 5.82 Å². The zero-order valence-electron chi connectivity index (χ0n) is 9.54. The molecule has 5 nitrogen and oxygen atoms in total. The Morgan fingerprint density at radius 1 is 1.20 bits per heavy atom. The van der Waals surface area contributed by atoms with Crippen LogP contribution >= 0.6 is 34.8 Å². The first kappa shape index (κ1) is 15.1. The highest BCUT2D eigenvalue weighted by molar-refractivity contribution is 6.42. The minimum absolute atomic E-state index is 0.000409. The molecule has 2 heterocycles. The SMILES string of the molecule is Cn1c(C(F)(F)F)nn(-c2nc(Cl)c(Cl)cc2Cl)c1=O. The molecule has 2 aromatic heterocycles. The zero-order chi connectivity index (χ0) is 15.2. The highest BCUT2D eigenvalue weighted by Crippen LogP contribution is 2.29. The van der Waals surface area contributed by atoms with E-state index in [2.05, 4.69) is 10.1 Å². The van der Waals surface area contributed by atoms with E-state index in [0.717, 1.165) is 13.1 Å². The second-order valence-corrected chi connectivity index (χ2v) is 4.81. The number of halogens is 6. The lowest BCUT2D eigenvalue weighted by molar-refractivity contribution is -0.147. The van der Waals surface area contributed by atoms with E-state index in [1.165, 1.54) is 0 Å². The number of rotatable bonds is 1. The molecule has 0 N–H and O–H groups in total. The third-order valence-electron chi connectivity index (χ3n) is 2.30. The van der Waals surface area contributed by atoms with Gasteiger partial charge in [0.15, 0.2) is 5.82 Å². The summed E-state index contributed by atoms with van der Waals surface area (Å²) in [4.78, 5) is 15.4. The second-order valence-electron chi connectivity index (χ2n) is 3.64. The Labute approximate surface area is 124 Å². The number of alkyl halides is 3. The molecule has 0 spiro atoms. The lowest BCUT2D eigenvalue weighted by atomic mass is 10.4. The van der Waals surface area contributed by atoms with Crippen molar-refractivity contribution in [2.45, 2.75) is 6.18 Å². The summed E-state index contributed by atoms with van der Waals surface area (Å²) in [6.45, 7) is 0. The number of pyridine rings is 1. The van der Waals surface area contributed by atoms with Crippen molar-refractivity contribution >= 4 is 34.8 Å². The molecule has 2 rings (SSSR count). The van der Waals surface area contributed by atoms with Crippen LogP contribution < -0.4 is 5.69 Å². The molecule has 0 bridgehead atoms. The Morgan fingerprint density at radius 2 is 1.80 bits per heavy atom. The molecule has 0 aliphatic rings. The van der Waals surface area contributed by atoms with Crippen molar-refractivity contribution in [1.29, 1.82) is 0 Å². The van der Waals surface area contributed by atoms with Gasteiger partial charge < -0.3 is 0 Å². The van der Waals surface area contributed by atoms with E-state index in [4.69, 9.17) is 34.8 Å². The highest BCUT2D eigenvalue weighted by atomic mass is 35.5. The molecule has 0 radical (unpaired) electrons. The number of aromatic nitrogens is 4. The number of nitrogens with zero attached hydrogens (tertiary/aromatic N) is 4. The topological polar surface area (TPSA) is 52.7 Å². The molecule has 0 amide bonds. The average Bonchev–Trinajstić information content (AvgIpc) is 2.61. The second kappa shape index (κ2) is 4.94. The van der Waals surface area contributed by atoms with Crippen LogP contribution in [0.25, 0.3) is 5.82 Å². The molecule has 0 saturated carbocycles. The Kier molecular flexibility index (Phi) is 3.74. The molecular weight excluding hydrogens is 343 g/mol. The summed E-state index contributed by atoms with van der Waals surface area (Å²) in [5, 5.41) is 2.81. The standard InChI is InChI=1S/C9H4Cl3F3N4O/c1-18-7(9(13,14)15)17-19(8(18)20)6-4(11)2-3(10)5(12)16-6/h2H,1H3. The van der Waals surface area contributed by atoms with E-state index in [1.807, 2.05) is 0 Å². The van der Waals surface area contributed by atoms with Gasteiger partial charge in [-0.15, -0.1) is 5.10 Å². The van der Waals surface area contributed by atoms with E-state index in [1.54, 1.807) is 0 Å². The summed E-state index contributed by atoms with van der Waals surface area (Å²) in [5.41, 5.74) is -1.06. The minimum atomic E-state index is -4.79. The van der Waals surface area contributed by atoms with Gasteiger partial charge in [0, 0.05) is 7.05 Å². The summed E-state index contributed by atoms with van der Waals surface area (Å²) >= 11 is 17.1. The summed E-state index contributed by atoms with van der Waals surface area (Å²) in [6.07, 6.45) is -4.79. The lowest BCUT2D eigenvalue weighted by Crippen LogP contribution is -2.24. The fraction of sp³-hybridized carbons (Fsp3) is 0.222. The van der Waals surface area contributed by atoms with Crippen molar-refractivity contribution in [3.05, 3.63) is 37.6 Å². The monoisotopic (exact) mass is 346 g/mol. The predicted octanol–water partition coefficient (Wildman–Crippen LogP) is 2.95. The first-order valence-electron chi connectivity index (χ1n) is 4.88. The maximum atomic E-state index is 12.7. The molecule has 20 heavy (non-hydrogen) atoms. The van der Waals surface area contributed by atoms with E-state index in [9.17, 15) is 18.0 Å². The summed E-state index contributed by atoms with van der Waals surface area (Å²) in [6, 6.07) is 1.15. The van der Waals surface area contributed by atoms with Crippen LogP contribution in [-0.4, -0.2) is 19.3 Å². The van der Waals surface area contributed by atoms with Crippen LogP contribution in [0.5, 0.6) is 0 Å². The molecule has 0 unspecified atom stereocenters. The van der Waals surface area contributed by atoms with Gasteiger partial charge >= 0.3 is 11.9 Å². The molecule has 108 valence electrons. The molecular formula is C9H4Cl3F3N4O. The quantitative estimate of drug-likeness (QED) is 0.745. The lowest BCUT2D eigenvalue weighted by Gasteiger charge is -2.04. The van der Waals surface area contributed by atoms with Gasteiger partial charge in [0.25, 0.3) is 0 Å². The summed E-state index contributed by atoms with van der Waals surface area (Å²) in [5.74, 6) is -1.72. The third-order valence-corrected chi connectivity index (χ3v) is 3.25. The van der Waals surface area contributed by atoms with Gasteiger partial charge in [-0.2, -0.15) is 17.9 Å². The van der Waals surface area contributed by atoms with Crippen LogP contribution in [0.15, 0.2) is 10.9 Å². The van der Waals surface area contributed by atoms with E-state index in [0.29, 0.717) is 9.25 Å². The van der Waals surface area contributed by atoms with Crippen LogP contribution in [0.3, 0.4) is 0 Å². The largest absolute Gasteiger partial charge is 0.451 e. The van der Waals surface area contributed by atoms with Crippen LogP contribution in [0.4, 0.5) is 13.2 Å². The average molecular weight is 348 g/mol. The van der Waals surface area contributed by atoms with Gasteiger partial charge in [-0.05, 0) is 6.07 Å². The maximum Gasteiger partial charge on any atom is 0.451 e. The minimum Gasteiger partial charge on any atom is -0.274 e. The van der Waals surface area contributed by atoms with E-state index >= 15 is 0 Å². The molecule has 0 aliphatic carbocycles. The fourth-order valence-electron chi connectivity index (χ4n) is 1.41. The van der Waals surface area contributed by atoms with Gasteiger partial charge in [0.2, 0.25) is 5.82 Å². The molecule has 0 aromatic carbocycles. The van der Waals surface area contributed by atoms with Gasteiger partial charge in [0.05, 0.1) is 10.0 Å². The molecule has 0 atom stereocenters.